The third kappa shape index (κ3) is 2.40. The van der Waals surface area contributed by atoms with Gasteiger partial charge >= 0.3 is 0 Å². The van der Waals surface area contributed by atoms with Gasteiger partial charge in [0, 0.05) is 0 Å². The van der Waals surface area contributed by atoms with Gasteiger partial charge in [0.2, 0.25) is 0 Å². The van der Waals surface area contributed by atoms with Gasteiger partial charge < -0.3 is 0 Å². The van der Waals surface area contributed by atoms with Gasteiger partial charge in [0.05, 0.1) is 5.33 Å². The highest BCUT2D eigenvalue weighted by molar-refractivity contribution is 9.09. The standard InChI is InChI=1S/C5H8BrFO/c1-5(2,7)4(8)3-6/h3H2,1-2H3. The summed E-state index contributed by atoms with van der Waals surface area (Å²) in [7, 11) is 0. The molecular formula is C5H8BrFO. The Balaban J connectivity index is 3.82. The van der Waals surface area contributed by atoms with E-state index in [4.69, 9.17) is 0 Å². The molecule has 0 N–H and O–H groups in total. The zero-order chi connectivity index (χ0) is 6.78. The molecular weight excluding hydrogens is 175 g/mol. The van der Waals surface area contributed by atoms with Crippen LogP contribution >= 0.6 is 15.9 Å². The van der Waals surface area contributed by atoms with Crippen molar-refractivity contribution in [2.45, 2.75) is 19.5 Å². The molecule has 0 amide bonds. The summed E-state index contributed by atoms with van der Waals surface area (Å²) in [4.78, 5) is 10.4. The number of carbonyl (C=O) groups excluding carboxylic acids is 1. The van der Waals surface area contributed by atoms with Crippen molar-refractivity contribution in [2.24, 2.45) is 0 Å². The van der Waals surface area contributed by atoms with Crippen molar-refractivity contribution in [3.63, 3.8) is 0 Å². The zero-order valence-corrected chi connectivity index (χ0v) is 6.46. The first-order valence-electron chi connectivity index (χ1n) is 2.26. The second kappa shape index (κ2) is 2.58. The largest absolute Gasteiger partial charge is 0.295 e. The first-order chi connectivity index (χ1) is 3.48. The van der Waals surface area contributed by atoms with E-state index in [0.29, 0.717) is 0 Å². The number of halogens is 2. The van der Waals surface area contributed by atoms with E-state index in [1.54, 1.807) is 0 Å². The van der Waals surface area contributed by atoms with Crippen LogP contribution in [0.5, 0.6) is 0 Å². The highest BCUT2D eigenvalue weighted by atomic mass is 79.9. The molecule has 0 rings (SSSR count). The molecule has 0 spiro atoms. The van der Waals surface area contributed by atoms with E-state index in [-0.39, 0.29) is 5.33 Å². The van der Waals surface area contributed by atoms with Crippen molar-refractivity contribution >= 4 is 21.7 Å². The number of hydrogen-bond acceptors (Lipinski definition) is 1. The highest BCUT2D eigenvalue weighted by Crippen LogP contribution is 2.10. The van der Waals surface area contributed by atoms with Gasteiger partial charge in [-0.25, -0.2) is 4.39 Å². The first-order valence-corrected chi connectivity index (χ1v) is 3.39. The van der Waals surface area contributed by atoms with E-state index in [9.17, 15) is 9.18 Å². The number of hydrogen-bond donors (Lipinski definition) is 0. The molecule has 0 aliphatic heterocycles. The molecule has 8 heavy (non-hydrogen) atoms. The van der Waals surface area contributed by atoms with Crippen LogP contribution in [-0.2, 0) is 4.79 Å². The average molecular weight is 183 g/mol. The van der Waals surface area contributed by atoms with Crippen molar-refractivity contribution in [3.8, 4) is 0 Å². The van der Waals surface area contributed by atoms with E-state index in [2.05, 4.69) is 15.9 Å². The van der Waals surface area contributed by atoms with Crippen LogP contribution in [0.25, 0.3) is 0 Å². The van der Waals surface area contributed by atoms with E-state index in [0.717, 1.165) is 0 Å². The van der Waals surface area contributed by atoms with Crippen LogP contribution in [0.1, 0.15) is 13.8 Å². The van der Waals surface area contributed by atoms with Gasteiger partial charge in [-0.05, 0) is 13.8 Å². The Hall–Kier alpha value is 0.0800. The normalized spacial score (nSPS) is 11.5. The Morgan fingerprint density at radius 3 is 2.12 bits per heavy atom. The molecule has 0 aromatic rings. The molecule has 1 nitrogen and oxygen atoms in total. The summed E-state index contributed by atoms with van der Waals surface area (Å²) in [6.45, 7) is 2.49. The molecule has 0 aromatic heterocycles. The molecule has 0 bridgehead atoms. The van der Waals surface area contributed by atoms with Crippen LogP contribution in [0.15, 0.2) is 0 Å². The minimum atomic E-state index is -1.68. The molecule has 0 unspecified atom stereocenters. The Morgan fingerprint density at radius 2 is 2.12 bits per heavy atom. The van der Waals surface area contributed by atoms with Gasteiger partial charge in [0.15, 0.2) is 11.5 Å². The zero-order valence-electron chi connectivity index (χ0n) is 4.87. The van der Waals surface area contributed by atoms with Gasteiger partial charge in [0.1, 0.15) is 0 Å². The van der Waals surface area contributed by atoms with Crippen LogP contribution in [-0.4, -0.2) is 16.8 Å². The van der Waals surface area contributed by atoms with Crippen molar-refractivity contribution in [1.82, 2.24) is 0 Å². The molecule has 0 heterocycles. The minimum Gasteiger partial charge on any atom is -0.295 e. The van der Waals surface area contributed by atoms with Crippen molar-refractivity contribution in [2.75, 3.05) is 5.33 Å². The predicted octanol–water partition coefficient (Wildman–Crippen LogP) is 1.70. The molecule has 0 aliphatic rings. The molecule has 3 heteroatoms. The maximum absolute atomic E-state index is 12.4. The highest BCUT2D eigenvalue weighted by Gasteiger charge is 2.24. The smallest absolute Gasteiger partial charge is 0.179 e. The molecule has 0 aromatic carbocycles. The number of alkyl halides is 2. The number of Topliss-reactive ketones (excluding diaryl/α,β-unsaturated/α-hetero) is 1. The lowest BCUT2D eigenvalue weighted by atomic mass is 10.1. The first kappa shape index (κ1) is 8.08. The molecule has 0 atom stereocenters. The molecule has 48 valence electrons. The number of ketones is 1. The fourth-order valence-electron chi connectivity index (χ4n) is 0.159. The van der Waals surface area contributed by atoms with E-state index in [1.807, 2.05) is 0 Å². The van der Waals surface area contributed by atoms with Gasteiger partial charge in [-0.2, -0.15) is 0 Å². The lowest BCUT2D eigenvalue weighted by molar-refractivity contribution is -0.125. The Labute approximate surface area is 56.4 Å². The fraction of sp³-hybridized carbons (Fsp3) is 0.800. The van der Waals surface area contributed by atoms with Crippen LogP contribution in [0, 0.1) is 0 Å². The summed E-state index contributed by atoms with van der Waals surface area (Å²) in [5.41, 5.74) is -1.68. The maximum atomic E-state index is 12.4. The lowest BCUT2D eigenvalue weighted by Gasteiger charge is -2.08. The summed E-state index contributed by atoms with van der Waals surface area (Å²) in [5.74, 6) is -0.419. The Bertz CT molecular complexity index is 95.1. The quantitative estimate of drug-likeness (QED) is 0.595. The van der Waals surface area contributed by atoms with Gasteiger partial charge in [-0.1, -0.05) is 15.9 Å². The monoisotopic (exact) mass is 182 g/mol. The molecule has 0 aliphatic carbocycles. The second-order valence-electron chi connectivity index (χ2n) is 2.03. The molecule has 0 fully saturated rings. The maximum Gasteiger partial charge on any atom is 0.179 e. The number of rotatable bonds is 2. The molecule has 0 saturated carbocycles. The second-order valence-corrected chi connectivity index (χ2v) is 2.59. The Morgan fingerprint density at radius 1 is 1.75 bits per heavy atom. The number of carbonyl (C=O) groups is 1. The predicted molar refractivity (Wildman–Crippen MR) is 34.0 cm³/mol. The van der Waals surface area contributed by atoms with E-state index in [1.165, 1.54) is 13.8 Å². The van der Waals surface area contributed by atoms with Gasteiger partial charge in [0.25, 0.3) is 0 Å². The summed E-state index contributed by atoms with van der Waals surface area (Å²) in [6.07, 6.45) is 0. The summed E-state index contributed by atoms with van der Waals surface area (Å²) < 4.78 is 12.4. The van der Waals surface area contributed by atoms with Crippen LogP contribution in [0.2, 0.25) is 0 Å². The Kier molecular flexibility index (Phi) is 2.60. The van der Waals surface area contributed by atoms with E-state index < -0.39 is 11.5 Å². The third-order valence-electron chi connectivity index (χ3n) is 0.784. The summed E-state index contributed by atoms with van der Waals surface area (Å²) in [6, 6.07) is 0. The van der Waals surface area contributed by atoms with Crippen molar-refractivity contribution < 1.29 is 9.18 Å². The lowest BCUT2D eigenvalue weighted by Crippen LogP contribution is -2.26. The van der Waals surface area contributed by atoms with E-state index >= 15 is 0 Å². The van der Waals surface area contributed by atoms with Crippen molar-refractivity contribution in [1.29, 1.82) is 0 Å². The summed E-state index contributed by atoms with van der Waals surface area (Å²) in [5, 5.41) is 0.0938. The minimum absolute atomic E-state index is 0.0938. The third-order valence-corrected chi connectivity index (χ3v) is 1.29. The summed E-state index contributed by atoms with van der Waals surface area (Å²) >= 11 is 2.86. The van der Waals surface area contributed by atoms with Crippen LogP contribution in [0.3, 0.4) is 0 Å². The topological polar surface area (TPSA) is 17.1 Å². The van der Waals surface area contributed by atoms with Crippen molar-refractivity contribution in [3.05, 3.63) is 0 Å². The molecule has 0 saturated heterocycles. The SMILES string of the molecule is CC(C)(F)C(=O)CBr. The van der Waals surface area contributed by atoms with Crippen LogP contribution < -0.4 is 0 Å². The van der Waals surface area contributed by atoms with Crippen LogP contribution in [0.4, 0.5) is 4.39 Å². The molecule has 0 radical (unpaired) electrons. The van der Waals surface area contributed by atoms with Gasteiger partial charge in [-0.3, -0.25) is 4.79 Å². The fourth-order valence-corrected chi connectivity index (χ4v) is 0.826. The average Bonchev–Trinajstić information content (AvgIpc) is 1.62. The van der Waals surface area contributed by atoms with Gasteiger partial charge in [-0.15, -0.1) is 0 Å².